The van der Waals surface area contributed by atoms with Crippen LogP contribution in [0.15, 0.2) is 51.3 Å². The summed E-state index contributed by atoms with van der Waals surface area (Å²) in [4.78, 5) is 16.7. The topological polar surface area (TPSA) is 112 Å². The van der Waals surface area contributed by atoms with Crippen molar-refractivity contribution in [1.29, 1.82) is 0 Å². The van der Waals surface area contributed by atoms with Crippen LogP contribution in [0.1, 0.15) is 89.5 Å². The number of aromatic hydroxyl groups is 1. The van der Waals surface area contributed by atoms with Crippen molar-refractivity contribution >= 4 is 28.7 Å². The first-order valence-corrected chi connectivity index (χ1v) is 14.6. The molecule has 0 aliphatic heterocycles. The Morgan fingerprint density at radius 1 is 0.846 bits per heavy atom. The summed E-state index contributed by atoms with van der Waals surface area (Å²) >= 11 is 6.38. The minimum atomic E-state index is -0.589. The Balaban J connectivity index is 1.48. The van der Waals surface area contributed by atoms with Crippen LogP contribution in [-0.2, 0) is 0 Å². The van der Waals surface area contributed by atoms with Gasteiger partial charge in [0, 0.05) is 12.2 Å². The van der Waals surface area contributed by atoms with Crippen molar-refractivity contribution in [3.8, 4) is 5.75 Å². The molecule has 0 saturated carbocycles. The van der Waals surface area contributed by atoms with E-state index in [0.717, 1.165) is 18.7 Å². The van der Waals surface area contributed by atoms with Crippen LogP contribution in [0.3, 0.4) is 0 Å². The normalized spacial score (nSPS) is 12.3. The van der Waals surface area contributed by atoms with Crippen molar-refractivity contribution in [3.63, 3.8) is 0 Å². The summed E-state index contributed by atoms with van der Waals surface area (Å²) in [6.07, 6.45) is 15.9. The maximum absolute atomic E-state index is 12.2. The van der Waals surface area contributed by atoms with Crippen LogP contribution >= 0.6 is 11.6 Å². The van der Waals surface area contributed by atoms with E-state index in [9.17, 15) is 9.90 Å². The lowest BCUT2D eigenvalue weighted by molar-refractivity contribution is 0.471. The average molecular weight is 553 g/mol. The van der Waals surface area contributed by atoms with Crippen molar-refractivity contribution in [2.75, 3.05) is 17.3 Å². The van der Waals surface area contributed by atoms with Crippen molar-refractivity contribution in [2.24, 2.45) is 10.1 Å². The van der Waals surface area contributed by atoms with Crippen LogP contribution in [0.25, 0.3) is 0 Å². The van der Waals surface area contributed by atoms with Crippen molar-refractivity contribution < 1.29 is 5.11 Å². The molecule has 3 N–H and O–H groups in total. The van der Waals surface area contributed by atoms with Crippen LogP contribution in [0.4, 0.5) is 17.1 Å². The van der Waals surface area contributed by atoms with Crippen LogP contribution in [0, 0.1) is 6.92 Å². The van der Waals surface area contributed by atoms with Crippen LogP contribution < -0.4 is 27.1 Å². The lowest BCUT2D eigenvalue weighted by Gasteiger charge is -2.08. The highest BCUT2D eigenvalue weighted by Gasteiger charge is 2.06. The van der Waals surface area contributed by atoms with Crippen LogP contribution in [0.5, 0.6) is 5.75 Å². The van der Waals surface area contributed by atoms with Gasteiger partial charge in [0.05, 0.1) is 16.4 Å². The number of phenols is 1. The maximum atomic E-state index is 12.2. The summed E-state index contributed by atoms with van der Waals surface area (Å²) < 4.78 is 0. The van der Waals surface area contributed by atoms with Crippen LogP contribution in [-0.4, -0.2) is 21.8 Å². The Morgan fingerprint density at radius 3 is 2.15 bits per heavy atom. The molecule has 0 aliphatic rings. The number of halogens is 1. The van der Waals surface area contributed by atoms with Gasteiger partial charge < -0.3 is 10.4 Å². The zero-order valence-electron chi connectivity index (χ0n) is 23.2. The van der Waals surface area contributed by atoms with Gasteiger partial charge in [-0.2, -0.15) is 5.10 Å². The third kappa shape index (κ3) is 10.4. The molecule has 2 aromatic carbocycles. The summed E-state index contributed by atoms with van der Waals surface area (Å²) in [5.41, 5.74) is 4.98. The largest absolute Gasteiger partial charge is 0.508 e. The quantitative estimate of drug-likeness (QED) is 0.0981. The molecule has 0 aliphatic carbocycles. The van der Waals surface area contributed by atoms with E-state index >= 15 is 0 Å². The fourth-order valence-corrected chi connectivity index (χ4v) is 4.48. The number of aromatic nitrogens is 2. The molecule has 1 aromatic heterocycles. The predicted octanol–water partition coefficient (Wildman–Crippen LogP) is 6.65. The highest BCUT2D eigenvalue weighted by molar-refractivity contribution is 6.33. The molecular weight excluding hydrogens is 512 g/mol. The van der Waals surface area contributed by atoms with Crippen molar-refractivity contribution in [2.45, 2.75) is 90.9 Å². The molecule has 1 heterocycles. The van der Waals surface area contributed by atoms with Gasteiger partial charge in [-0.15, -0.1) is 10.2 Å². The van der Waals surface area contributed by atoms with E-state index in [1.165, 1.54) is 70.6 Å². The summed E-state index contributed by atoms with van der Waals surface area (Å²) in [6, 6.07) is 10.4. The predicted molar refractivity (Wildman–Crippen MR) is 159 cm³/mol. The average Bonchev–Trinajstić information content (AvgIpc) is 3.27. The molecule has 0 unspecified atom stereocenters. The van der Waals surface area contributed by atoms with E-state index in [0.29, 0.717) is 22.0 Å². The summed E-state index contributed by atoms with van der Waals surface area (Å²) in [7, 11) is 0. The van der Waals surface area contributed by atoms with E-state index in [-0.39, 0.29) is 16.6 Å². The third-order valence-corrected chi connectivity index (χ3v) is 7.00. The standard InChI is InChI=1S/C30H41ClN6O2/c1-3-4-5-6-7-8-9-10-11-12-13-14-19-32-23-15-17-25(31)26(21-23)33-29-28(30(39)37-36-29)35-34-24-16-18-27(38)22(2)20-24/h15-18,20-21,32,34,38H,3-14,19H2,1-2H3. The first-order chi connectivity index (χ1) is 19.0. The Bertz CT molecular complexity index is 1330. The van der Waals surface area contributed by atoms with Gasteiger partial charge in [-0.25, -0.2) is 4.99 Å². The van der Waals surface area contributed by atoms with Gasteiger partial charge in [0.2, 0.25) is 5.49 Å². The number of nitrogens with zero attached hydrogens (tertiary/aromatic N) is 4. The molecular formula is C30H41ClN6O2. The minimum absolute atomic E-state index is 0.00773. The highest BCUT2D eigenvalue weighted by Crippen LogP contribution is 2.27. The SMILES string of the molecule is CCCCCCCCCCCCCCNc1ccc(Cl)c(N=c2nnc(=O)c2=NNc2ccc(O)c(C)c2)c1. The summed E-state index contributed by atoms with van der Waals surface area (Å²) in [5.74, 6) is 0.180. The Morgan fingerprint density at radius 2 is 1.49 bits per heavy atom. The van der Waals surface area contributed by atoms with Crippen molar-refractivity contribution in [3.05, 3.63) is 68.2 Å². The second kappa shape index (κ2) is 16.6. The van der Waals surface area contributed by atoms with E-state index in [4.69, 9.17) is 11.6 Å². The monoisotopic (exact) mass is 552 g/mol. The molecule has 0 amide bonds. The second-order valence-electron chi connectivity index (χ2n) is 10.00. The minimum Gasteiger partial charge on any atom is -0.508 e. The van der Waals surface area contributed by atoms with Gasteiger partial charge in [-0.1, -0.05) is 89.2 Å². The highest BCUT2D eigenvalue weighted by atomic mass is 35.5. The molecule has 3 aromatic rings. The Kier molecular flexibility index (Phi) is 12.9. The number of aryl methyl sites for hydroxylation is 1. The van der Waals surface area contributed by atoms with Gasteiger partial charge in [-0.3, -0.25) is 10.2 Å². The lowest BCUT2D eigenvalue weighted by atomic mass is 10.1. The van der Waals surface area contributed by atoms with E-state index in [1.54, 1.807) is 31.2 Å². The molecule has 0 bridgehead atoms. The zero-order valence-corrected chi connectivity index (χ0v) is 23.9. The molecule has 0 fully saturated rings. The van der Waals surface area contributed by atoms with Gasteiger partial charge in [-0.05, 0) is 55.3 Å². The number of nitrogens with one attached hydrogen (secondary N) is 2. The van der Waals surface area contributed by atoms with Crippen molar-refractivity contribution in [1.82, 2.24) is 10.2 Å². The zero-order chi connectivity index (χ0) is 27.9. The molecule has 9 heteroatoms. The fraction of sp³-hybridized carbons (Fsp3) is 0.500. The molecule has 3 rings (SSSR count). The third-order valence-electron chi connectivity index (χ3n) is 6.68. The molecule has 0 radical (unpaired) electrons. The molecule has 0 saturated heterocycles. The van der Waals surface area contributed by atoms with E-state index < -0.39 is 5.56 Å². The fourth-order valence-electron chi connectivity index (χ4n) is 4.32. The Hall–Kier alpha value is -3.26. The number of rotatable bonds is 17. The second-order valence-corrected chi connectivity index (χ2v) is 10.4. The van der Waals surface area contributed by atoms with Gasteiger partial charge >= 0.3 is 5.56 Å². The number of hydrogen-bond donors (Lipinski definition) is 3. The van der Waals surface area contributed by atoms with Gasteiger partial charge in [0.15, 0.2) is 5.36 Å². The summed E-state index contributed by atoms with van der Waals surface area (Å²) in [5, 5.41) is 25.2. The number of benzene rings is 2. The summed E-state index contributed by atoms with van der Waals surface area (Å²) in [6.45, 7) is 4.90. The molecule has 0 atom stereocenters. The van der Waals surface area contributed by atoms with Gasteiger partial charge in [0.25, 0.3) is 0 Å². The van der Waals surface area contributed by atoms with Crippen LogP contribution in [0.2, 0.25) is 5.02 Å². The molecule has 8 nitrogen and oxygen atoms in total. The van der Waals surface area contributed by atoms with E-state index in [2.05, 4.69) is 38.0 Å². The maximum Gasteiger partial charge on any atom is 0.319 e. The molecule has 0 spiro atoms. The molecule has 39 heavy (non-hydrogen) atoms. The number of phenolic OH excluding ortho intramolecular Hbond substituents is 1. The first kappa shape index (κ1) is 30.3. The van der Waals surface area contributed by atoms with Gasteiger partial charge in [0.1, 0.15) is 5.75 Å². The smallest absolute Gasteiger partial charge is 0.319 e. The number of unbranched alkanes of at least 4 members (excludes halogenated alkanes) is 11. The lowest BCUT2D eigenvalue weighted by Crippen LogP contribution is -2.34. The van der Waals surface area contributed by atoms with E-state index in [1.807, 2.05) is 12.1 Å². The Labute approximate surface area is 236 Å². The number of anilines is 2. The number of hydrogen-bond acceptors (Lipinski definition) is 8. The first-order valence-electron chi connectivity index (χ1n) is 14.2. The molecule has 210 valence electrons.